The molecule has 0 aliphatic heterocycles. The number of carbonyl (C=O) groups is 1. The first-order valence-electron chi connectivity index (χ1n) is 8.88. The van der Waals surface area contributed by atoms with Gasteiger partial charge in [0.15, 0.2) is 0 Å². The third-order valence-electron chi connectivity index (χ3n) is 4.43. The molecule has 1 aromatic carbocycles. The number of ether oxygens (including phenoxy) is 1. The number of hydrogen-bond acceptors (Lipinski definition) is 4. The molecule has 1 saturated carbocycles. The molecular weight excluding hydrogens is 338 g/mol. The van der Waals surface area contributed by atoms with E-state index in [4.69, 9.17) is 4.74 Å². The van der Waals surface area contributed by atoms with Gasteiger partial charge in [-0.05, 0) is 37.8 Å². The van der Waals surface area contributed by atoms with Gasteiger partial charge in [0.05, 0.1) is 11.5 Å². The summed E-state index contributed by atoms with van der Waals surface area (Å²) < 4.78 is 30.9. The van der Waals surface area contributed by atoms with E-state index in [1.54, 1.807) is 12.1 Å². The van der Waals surface area contributed by atoms with Gasteiger partial charge in [-0.3, -0.25) is 0 Å². The average Bonchev–Trinajstić information content (AvgIpc) is 2.59. The zero-order valence-electron chi connectivity index (χ0n) is 14.7. The number of aryl methyl sites for hydroxylation is 1. The van der Waals surface area contributed by atoms with Crippen LogP contribution in [0.5, 0.6) is 0 Å². The summed E-state index contributed by atoms with van der Waals surface area (Å²) in [5.74, 6) is 0.786. The molecule has 1 fully saturated rings. The standard InChI is InChI=1S/C19H27NO4S/c1-16-11-13-18(14-12-16)25(22,23)20-19(21)24-15-7-3-6-10-17-8-4-2-5-9-17/h3,6,11-14,17H,2,4-5,7-10,15H2,1H3,(H,20,21)/b6-3+. The largest absolute Gasteiger partial charge is 0.449 e. The second kappa shape index (κ2) is 9.61. The van der Waals surface area contributed by atoms with E-state index in [2.05, 4.69) is 6.08 Å². The molecule has 0 atom stereocenters. The predicted molar refractivity (Wildman–Crippen MR) is 97.8 cm³/mol. The molecule has 0 bridgehead atoms. The Bertz CT molecular complexity index is 674. The van der Waals surface area contributed by atoms with Crippen LogP contribution in [0.2, 0.25) is 0 Å². The van der Waals surface area contributed by atoms with Gasteiger partial charge in [-0.15, -0.1) is 0 Å². The van der Waals surface area contributed by atoms with Crippen LogP contribution in [0.1, 0.15) is 50.5 Å². The van der Waals surface area contributed by atoms with Gasteiger partial charge in [-0.2, -0.15) is 0 Å². The molecule has 25 heavy (non-hydrogen) atoms. The average molecular weight is 365 g/mol. The van der Waals surface area contributed by atoms with Crippen molar-refractivity contribution in [2.45, 2.75) is 56.8 Å². The minimum Gasteiger partial charge on any atom is -0.449 e. The summed E-state index contributed by atoms with van der Waals surface area (Å²) in [4.78, 5) is 11.7. The minimum atomic E-state index is -3.88. The predicted octanol–water partition coefficient (Wildman–Crippen LogP) is 4.33. The van der Waals surface area contributed by atoms with E-state index in [0.29, 0.717) is 6.42 Å². The summed E-state index contributed by atoms with van der Waals surface area (Å²) >= 11 is 0. The van der Waals surface area contributed by atoms with Gasteiger partial charge in [0.2, 0.25) is 0 Å². The van der Waals surface area contributed by atoms with E-state index in [0.717, 1.165) is 17.9 Å². The highest BCUT2D eigenvalue weighted by molar-refractivity contribution is 7.90. The van der Waals surface area contributed by atoms with Crippen LogP contribution in [0.4, 0.5) is 4.79 Å². The maximum Gasteiger partial charge on any atom is 0.421 e. The molecule has 5 nitrogen and oxygen atoms in total. The third-order valence-corrected chi connectivity index (χ3v) is 5.76. The number of sulfonamides is 1. The first kappa shape index (κ1) is 19.5. The molecule has 1 aliphatic carbocycles. The number of carbonyl (C=O) groups excluding carboxylic acids is 1. The smallest absolute Gasteiger partial charge is 0.421 e. The molecule has 6 heteroatoms. The zero-order valence-corrected chi connectivity index (χ0v) is 15.6. The SMILES string of the molecule is Cc1ccc(S(=O)(=O)NC(=O)OCC/C=C/CC2CCCCC2)cc1. The topological polar surface area (TPSA) is 72.5 Å². The maximum absolute atomic E-state index is 12.0. The monoisotopic (exact) mass is 365 g/mol. The Kier molecular flexibility index (Phi) is 7.50. The lowest BCUT2D eigenvalue weighted by atomic mass is 9.87. The van der Waals surface area contributed by atoms with Crippen LogP contribution in [0.15, 0.2) is 41.3 Å². The Balaban J connectivity index is 1.67. The number of amides is 1. The lowest BCUT2D eigenvalue weighted by Gasteiger charge is -2.19. The van der Waals surface area contributed by atoms with Crippen molar-refractivity contribution < 1.29 is 17.9 Å². The summed E-state index contributed by atoms with van der Waals surface area (Å²) in [7, 11) is -3.88. The van der Waals surface area contributed by atoms with Crippen molar-refractivity contribution in [2.24, 2.45) is 5.92 Å². The first-order chi connectivity index (χ1) is 12.0. The van der Waals surface area contributed by atoms with Crippen LogP contribution >= 0.6 is 0 Å². The van der Waals surface area contributed by atoms with Gasteiger partial charge >= 0.3 is 6.09 Å². The van der Waals surface area contributed by atoms with Crippen LogP contribution in [-0.2, 0) is 14.8 Å². The number of benzene rings is 1. The molecule has 0 radical (unpaired) electrons. The molecule has 1 aromatic rings. The van der Waals surface area contributed by atoms with Crippen molar-refractivity contribution in [1.82, 2.24) is 4.72 Å². The summed E-state index contributed by atoms with van der Waals surface area (Å²) in [6.07, 6.45) is 11.5. The fourth-order valence-electron chi connectivity index (χ4n) is 2.96. The zero-order chi connectivity index (χ0) is 18.1. The van der Waals surface area contributed by atoms with Crippen LogP contribution in [0.25, 0.3) is 0 Å². The van der Waals surface area contributed by atoms with E-state index < -0.39 is 16.1 Å². The molecule has 0 heterocycles. The van der Waals surface area contributed by atoms with E-state index in [-0.39, 0.29) is 11.5 Å². The fourth-order valence-corrected chi connectivity index (χ4v) is 3.86. The van der Waals surface area contributed by atoms with Gasteiger partial charge in [0.25, 0.3) is 10.0 Å². The molecule has 0 unspecified atom stereocenters. The molecule has 1 amide bonds. The van der Waals surface area contributed by atoms with Crippen molar-refractivity contribution in [2.75, 3.05) is 6.61 Å². The van der Waals surface area contributed by atoms with E-state index in [9.17, 15) is 13.2 Å². The quantitative estimate of drug-likeness (QED) is 0.577. The van der Waals surface area contributed by atoms with Gasteiger partial charge in [-0.25, -0.2) is 17.9 Å². The summed E-state index contributed by atoms with van der Waals surface area (Å²) in [5.41, 5.74) is 0.946. The van der Waals surface area contributed by atoms with Gasteiger partial charge in [-0.1, -0.05) is 62.0 Å². The Morgan fingerprint density at radius 3 is 2.52 bits per heavy atom. The first-order valence-corrected chi connectivity index (χ1v) is 10.4. The fraction of sp³-hybridized carbons (Fsp3) is 0.526. The molecular formula is C19H27NO4S. The molecule has 1 aliphatic rings. The van der Waals surface area contributed by atoms with Crippen molar-refractivity contribution >= 4 is 16.1 Å². The number of nitrogens with one attached hydrogen (secondary N) is 1. The normalized spacial score (nSPS) is 16.0. The second-order valence-electron chi connectivity index (χ2n) is 6.55. The van der Waals surface area contributed by atoms with E-state index in [1.807, 2.05) is 17.7 Å². The highest BCUT2D eigenvalue weighted by atomic mass is 32.2. The third kappa shape index (κ3) is 6.90. The Morgan fingerprint density at radius 2 is 1.84 bits per heavy atom. The summed E-state index contributed by atoms with van der Waals surface area (Å²) in [6.45, 7) is 2.02. The maximum atomic E-state index is 12.0. The molecule has 0 aromatic heterocycles. The summed E-state index contributed by atoms with van der Waals surface area (Å²) in [6, 6.07) is 6.27. The van der Waals surface area contributed by atoms with E-state index in [1.165, 1.54) is 44.2 Å². The molecule has 2 rings (SSSR count). The van der Waals surface area contributed by atoms with E-state index >= 15 is 0 Å². The number of hydrogen-bond donors (Lipinski definition) is 1. The molecule has 0 saturated heterocycles. The Morgan fingerprint density at radius 1 is 1.16 bits per heavy atom. The Hall–Kier alpha value is -1.82. The lowest BCUT2D eigenvalue weighted by molar-refractivity contribution is 0.154. The molecule has 1 N–H and O–H groups in total. The van der Waals surface area contributed by atoms with Crippen LogP contribution in [0, 0.1) is 12.8 Å². The van der Waals surface area contributed by atoms with Gasteiger partial charge in [0, 0.05) is 0 Å². The van der Waals surface area contributed by atoms with Crippen molar-refractivity contribution in [1.29, 1.82) is 0 Å². The molecule has 0 spiro atoms. The summed E-state index contributed by atoms with van der Waals surface area (Å²) in [5, 5.41) is 0. The van der Waals surface area contributed by atoms with Crippen LogP contribution < -0.4 is 4.72 Å². The Labute approximate surface area is 150 Å². The highest BCUT2D eigenvalue weighted by Crippen LogP contribution is 2.26. The van der Waals surface area contributed by atoms with Crippen LogP contribution in [-0.4, -0.2) is 21.1 Å². The van der Waals surface area contributed by atoms with Crippen molar-refractivity contribution in [3.8, 4) is 0 Å². The minimum absolute atomic E-state index is 0.0439. The van der Waals surface area contributed by atoms with Gasteiger partial charge < -0.3 is 4.74 Å². The van der Waals surface area contributed by atoms with Crippen molar-refractivity contribution in [3.63, 3.8) is 0 Å². The van der Waals surface area contributed by atoms with Crippen LogP contribution in [0.3, 0.4) is 0 Å². The number of allylic oxidation sites excluding steroid dienone is 1. The number of rotatable bonds is 7. The lowest BCUT2D eigenvalue weighted by Crippen LogP contribution is -2.31. The van der Waals surface area contributed by atoms with Crippen molar-refractivity contribution in [3.05, 3.63) is 42.0 Å². The highest BCUT2D eigenvalue weighted by Gasteiger charge is 2.18. The molecule has 138 valence electrons. The second-order valence-corrected chi connectivity index (χ2v) is 8.24. The van der Waals surface area contributed by atoms with Gasteiger partial charge in [0.1, 0.15) is 0 Å².